The maximum Gasteiger partial charge on any atom is 0.246 e. The summed E-state index contributed by atoms with van der Waals surface area (Å²) in [5.74, 6) is 0.00908. The topological polar surface area (TPSA) is 40.5 Å². The van der Waals surface area contributed by atoms with Crippen LogP contribution in [0.2, 0.25) is 0 Å². The molecule has 0 heterocycles. The molecule has 1 aliphatic rings. The Morgan fingerprint density at radius 1 is 1.20 bits per heavy atom. The van der Waals surface area contributed by atoms with Crippen molar-refractivity contribution >= 4 is 12.0 Å². The van der Waals surface area contributed by atoms with Gasteiger partial charge in [-0.3, -0.25) is 4.79 Å². The Hall–Kier alpha value is -1.61. The number of carbonyl (C=O) groups excluding carboxylic acids is 1. The molecule has 1 aromatic carbocycles. The number of aliphatic hydroxyl groups excluding tert-OH is 1. The minimum atomic E-state index is 0.00908. The molecule has 0 spiro atoms. The molecule has 0 aliphatic heterocycles. The Morgan fingerprint density at radius 3 is 2.55 bits per heavy atom. The Bertz CT molecular complexity index is 436. The summed E-state index contributed by atoms with van der Waals surface area (Å²) in [4.78, 5) is 14.2. The van der Waals surface area contributed by atoms with Gasteiger partial charge >= 0.3 is 0 Å². The molecule has 2 rings (SSSR count). The van der Waals surface area contributed by atoms with E-state index in [4.69, 9.17) is 0 Å². The van der Waals surface area contributed by atoms with Gasteiger partial charge in [0.25, 0.3) is 0 Å². The lowest BCUT2D eigenvalue weighted by atomic mass is 9.94. The second-order valence-corrected chi connectivity index (χ2v) is 5.29. The van der Waals surface area contributed by atoms with Gasteiger partial charge in [0.1, 0.15) is 0 Å². The number of benzene rings is 1. The summed E-state index contributed by atoms with van der Waals surface area (Å²) in [5, 5.41) is 9.18. The van der Waals surface area contributed by atoms with Gasteiger partial charge in [-0.05, 0) is 24.5 Å². The second kappa shape index (κ2) is 7.85. The fourth-order valence-corrected chi connectivity index (χ4v) is 2.80. The van der Waals surface area contributed by atoms with Crippen LogP contribution in [0.3, 0.4) is 0 Å². The zero-order chi connectivity index (χ0) is 14.2. The molecule has 0 saturated heterocycles. The highest BCUT2D eigenvalue weighted by atomic mass is 16.3. The van der Waals surface area contributed by atoms with E-state index < -0.39 is 0 Å². The molecule has 108 valence electrons. The Labute approximate surface area is 120 Å². The second-order valence-electron chi connectivity index (χ2n) is 5.29. The van der Waals surface area contributed by atoms with Gasteiger partial charge < -0.3 is 10.0 Å². The fourth-order valence-electron chi connectivity index (χ4n) is 2.80. The van der Waals surface area contributed by atoms with Crippen molar-refractivity contribution in [1.82, 2.24) is 4.90 Å². The molecule has 1 N–H and O–H groups in total. The van der Waals surface area contributed by atoms with Gasteiger partial charge in [-0.1, -0.05) is 49.6 Å². The van der Waals surface area contributed by atoms with Crippen LogP contribution < -0.4 is 0 Å². The van der Waals surface area contributed by atoms with Crippen LogP contribution in [0.25, 0.3) is 6.08 Å². The third kappa shape index (κ3) is 4.20. The molecule has 20 heavy (non-hydrogen) atoms. The Kier molecular flexibility index (Phi) is 5.81. The van der Waals surface area contributed by atoms with Crippen molar-refractivity contribution in [2.45, 2.75) is 38.1 Å². The number of hydrogen-bond acceptors (Lipinski definition) is 2. The van der Waals surface area contributed by atoms with Crippen LogP contribution in [-0.2, 0) is 4.79 Å². The smallest absolute Gasteiger partial charge is 0.246 e. The van der Waals surface area contributed by atoms with E-state index in [0.29, 0.717) is 12.6 Å². The van der Waals surface area contributed by atoms with E-state index >= 15 is 0 Å². The zero-order valence-electron chi connectivity index (χ0n) is 11.9. The fraction of sp³-hybridized carbons (Fsp3) is 0.471. The Balaban J connectivity index is 2.01. The van der Waals surface area contributed by atoms with Crippen LogP contribution in [0, 0.1) is 0 Å². The van der Waals surface area contributed by atoms with Crippen molar-refractivity contribution < 1.29 is 9.90 Å². The van der Waals surface area contributed by atoms with E-state index in [9.17, 15) is 9.90 Å². The average Bonchev–Trinajstić information content (AvgIpc) is 2.52. The standard InChI is InChI=1S/C17H23NO2/c19-14-13-18(16-9-5-2-6-10-16)17(20)12-11-15-7-3-1-4-8-15/h1,3-4,7-8,11-12,16,19H,2,5-6,9-10,13-14H2/b12-11+. The maximum atomic E-state index is 12.3. The first-order valence-corrected chi connectivity index (χ1v) is 7.46. The Morgan fingerprint density at radius 2 is 1.90 bits per heavy atom. The molecule has 0 atom stereocenters. The van der Waals surface area contributed by atoms with Crippen molar-refractivity contribution in [3.63, 3.8) is 0 Å². The van der Waals surface area contributed by atoms with Gasteiger partial charge in [-0.15, -0.1) is 0 Å². The molecule has 0 aromatic heterocycles. The minimum absolute atomic E-state index is 0.00908. The number of hydrogen-bond donors (Lipinski definition) is 1. The molecule has 0 bridgehead atoms. The van der Waals surface area contributed by atoms with Crippen molar-refractivity contribution in [3.8, 4) is 0 Å². The van der Waals surface area contributed by atoms with Gasteiger partial charge in [0, 0.05) is 18.7 Å². The van der Waals surface area contributed by atoms with Crippen LogP contribution in [0.1, 0.15) is 37.7 Å². The van der Waals surface area contributed by atoms with Crippen LogP contribution in [0.4, 0.5) is 0 Å². The molecule has 1 fully saturated rings. The molecular weight excluding hydrogens is 250 g/mol. The molecule has 0 radical (unpaired) electrons. The van der Waals surface area contributed by atoms with Crippen molar-refractivity contribution in [1.29, 1.82) is 0 Å². The van der Waals surface area contributed by atoms with Gasteiger partial charge in [0.15, 0.2) is 0 Å². The molecule has 3 nitrogen and oxygen atoms in total. The van der Waals surface area contributed by atoms with Gasteiger partial charge in [0.05, 0.1) is 6.61 Å². The minimum Gasteiger partial charge on any atom is -0.395 e. The molecular formula is C17H23NO2. The molecule has 0 unspecified atom stereocenters. The third-order valence-electron chi connectivity index (χ3n) is 3.86. The number of rotatable bonds is 5. The first-order valence-electron chi connectivity index (χ1n) is 7.46. The van der Waals surface area contributed by atoms with Crippen LogP contribution in [0.15, 0.2) is 36.4 Å². The lowest BCUT2D eigenvalue weighted by Crippen LogP contribution is -2.42. The first-order chi connectivity index (χ1) is 9.81. The van der Waals surface area contributed by atoms with E-state index in [1.807, 2.05) is 41.3 Å². The van der Waals surface area contributed by atoms with Gasteiger partial charge in [-0.25, -0.2) is 0 Å². The molecule has 1 amide bonds. The van der Waals surface area contributed by atoms with E-state index in [1.54, 1.807) is 6.08 Å². The van der Waals surface area contributed by atoms with Crippen LogP contribution in [0.5, 0.6) is 0 Å². The summed E-state index contributed by atoms with van der Waals surface area (Å²) in [5.41, 5.74) is 1.02. The summed E-state index contributed by atoms with van der Waals surface area (Å²) in [6.07, 6.45) is 9.22. The molecule has 1 aromatic rings. The molecule has 1 saturated carbocycles. The summed E-state index contributed by atoms with van der Waals surface area (Å²) < 4.78 is 0. The van der Waals surface area contributed by atoms with Crippen molar-refractivity contribution in [3.05, 3.63) is 42.0 Å². The van der Waals surface area contributed by atoms with Crippen molar-refractivity contribution in [2.75, 3.05) is 13.2 Å². The number of amides is 1. The van der Waals surface area contributed by atoms with E-state index in [1.165, 1.54) is 19.3 Å². The van der Waals surface area contributed by atoms with E-state index in [-0.39, 0.29) is 12.5 Å². The number of carbonyl (C=O) groups is 1. The largest absolute Gasteiger partial charge is 0.395 e. The lowest BCUT2D eigenvalue weighted by molar-refractivity contribution is -0.129. The number of nitrogens with zero attached hydrogens (tertiary/aromatic N) is 1. The van der Waals surface area contributed by atoms with E-state index in [0.717, 1.165) is 18.4 Å². The van der Waals surface area contributed by atoms with Crippen molar-refractivity contribution in [2.24, 2.45) is 0 Å². The van der Waals surface area contributed by atoms with Gasteiger partial charge in [-0.2, -0.15) is 0 Å². The quantitative estimate of drug-likeness (QED) is 0.838. The zero-order valence-corrected chi connectivity index (χ0v) is 11.9. The highest BCUT2D eigenvalue weighted by Gasteiger charge is 2.23. The molecule has 3 heteroatoms. The maximum absolute atomic E-state index is 12.3. The predicted molar refractivity (Wildman–Crippen MR) is 81.1 cm³/mol. The summed E-state index contributed by atoms with van der Waals surface area (Å²) in [6.45, 7) is 0.462. The predicted octanol–water partition coefficient (Wildman–Crippen LogP) is 2.85. The third-order valence-corrected chi connectivity index (χ3v) is 3.86. The van der Waals surface area contributed by atoms with Crippen LogP contribution >= 0.6 is 0 Å². The number of aliphatic hydroxyl groups is 1. The first kappa shape index (κ1) is 14.8. The highest BCUT2D eigenvalue weighted by Crippen LogP contribution is 2.22. The normalized spacial score (nSPS) is 16.4. The monoisotopic (exact) mass is 273 g/mol. The highest BCUT2D eigenvalue weighted by molar-refractivity contribution is 5.92. The summed E-state index contributed by atoms with van der Waals surface area (Å²) in [6, 6.07) is 10.1. The summed E-state index contributed by atoms with van der Waals surface area (Å²) in [7, 11) is 0. The van der Waals surface area contributed by atoms with Gasteiger partial charge in [0.2, 0.25) is 5.91 Å². The average molecular weight is 273 g/mol. The SMILES string of the molecule is O=C(/C=C/c1ccccc1)N(CCO)C1CCCCC1. The molecule has 1 aliphatic carbocycles. The lowest BCUT2D eigenvalue weighted by Gasteiger charge is -2.33. The van der Waals surface area contributed by atoms with E-state index in [2.05, 4.69) is 0 Å². The van der Waals surface area contributed by atoms with Crippen LogP contribution in [-0.4, -0.2) is 35.1 Å². The summed E-state index contributed by atoms with van der Waals surface area (Å²) >= 11 is 0.